The summed E-state index contributed by atoms with van der Waals surface area (Å²) >= 11 is 0. The van der Waals surface area contributed by atoms with Crippen LogP contribution < -0.4 is 0 Å². The zero-order valence-electron chi connectivity index (χ0n) is 3.96. The van der Waals surface area contributed by atoms with Gasteiger partial charge in [0.25, 0.3) is 6.29 Å². The van der Waals surface area contributed by atoms with E-state index in [1.807, 2.05) is 6.92 Å². The Labute approximate surface area is 42.6 Å². The fourth-order valence-corrected chi connectivity index (χ4v) is 1.05. The van der Waals surface area contributed by atoms with Crippen LogP contribution in [0.5, 0.6) is 0 Å². The minimum Gasteiger partial charge on any atom is -0.0816 e. The Kier molecular flexibility index (Phi) is 1.38. The van der Waals surface area contributed by atoms with Gasteiger partial charge in [-0.3, -0.25) is 0 Å². The van der Waals surface area contributed by atoms with Gasteiger partial charge in [-0.2, -0.15) is 0 Å². The predicted molar refractivity (Wildman–Crippen MR) is 23.9 cm³/mol. The summed E-state index contributed by atoms with van der Waals surface area (Å²) in [5.74, 6) is 0. The maximum atomic E-state index is 9.97. The highest BCUT2D eigenvalue weighted by Gasteiger charge is 2.43. The normalized spacial score (nSPS) is 35.0. The minimum atomic E-state index is -1.71. The van der Waals surface area contributed by atoms with Crippen molar-refractivity contribution in [1.29, 1.82) is 0 Å². The monoisotopic (exact) mass is 121 g/mol. The first-order valence-electron chi connectivity index (χ1n) is 2.13. The lowest BCUT2D eigenvalue weighted by molar-refractivity contribution is -0.0780. The smallest absolute Gasteiger partial charge is 0.0816 e. The lowest BCUT2D eigenvalue weighted by Gasteiger charge is -2.06. The van der Waals surface area contributed by atoms with E-state index in [4.69, 9.17) is 0 Å². The molecule has 0 aromatic carbocycles. The van der Waals surface area contributed by atoms with E-state index in [-0.39, 0.29) is 6.29 Å². The summed E-state index contributed by atoms with van der Waals surface area (Å²) in [6.07, 6.45) is 0.588. The molecule has 0 spiro atoms. The van der Waals surface area contributed by atoms with Crippen molar-refractivity contribution >= 4 is 8.25 Å². The van der Waals surface area contributed by atoms with Crippen LogP contribution in [0, 0.1) is 0 Å². The molecule has 1 rings (SSSR count). The van der Waals surface area contributed by atoms with E-state index in [0.29, 0.717) is 0 Å². The molecule has 0 saturated carbocycles. The number of hydrogen-bond acceptors (Lipinski definition) is 3. The van der Waals surface area contributed by atoms with Crippen molar-refractivity contribution in [3.8, 4) is 0 Å². The fraction of sp³-hybridized carbons (Fsp3) is 1.00. The van der Waals surface area contributed by atoms with Gasteiger partial charge in [0.1, 0.15) is 0 Å². The zero-order chi connectivity index (χ0) is 5.28. The van der Waals surface area contributed by atoms with Gasteiger partial charge in [-0.05, 0) is 0 Å². The van der Waals surface area contributed by atoms with Crippen LogP contribution >= 0.6 is 8.25 Å². The average Bonchev–Trinajstić information content (AvgIpc) is 1.58. The topological polar surface area (TPSA) is 35.5 Å². The summed E-state index contributed by atoms with van der Waals surface area (Å²) in [6, 6.07) is 0. The van der Waals surface area contributed by atoms with Gasteiger partial charge < -0.3 is 0 Å². The molecule has 0 N–H and O–H groups in total. The SMILES string of the molecule is CCC1O[P+](=O)O1. The summed E-state index contributed by atoms with van der Waals surface area (Å²) in [7, 11) is -1.71. The van der Waals surface area contributed by atoms with Gasteiger partial charge in [-0.25, -0.2) is 0 Å². The molecule has 0 aromatic rings. The number of rotatable bonds is 1. The zero-order valence-corrected chi connectivity index (χ0v) is 4.85. The van der Waals surface area contributed by atoms with Crippen molar-refractivity contribution in [2.75, 3.05) is 0 Å². The Hall–Kier alpha value is 0.0200. The highest BCUT2D eigenvalue weighted by molar-refractivity contribution is 7.34. The molecule has 0 unspecified atom stereocenters. The second kappa shape index (κ2) is 1.86. The molecule has 0 radical (unpaired) electrons. The molecule has 1 aliphatic rings. The molecule has 1 aliphatic heterocycles. The van der Waals surface area contributed by atoms with Crippen molar-refractivity contribution in [1.82, 2.24) is 0 Å². The molecule has 0 bridgehead atoms. The molecular weight excluding hydrogens is 115 g/mol. The molecule has 1 fully saturated rings. The summed E-state index contributed by atoms with van der Waals surface area (Å²) < 4.78 is 19.1. The van der Waals surface area contributed by atoms with Crippen LogP contribution in [0.1, 0.15) is 13.3 Å². The van der Waals surface area contributed by atoms with Gasteiger partial charge in [-0.15, -0.1) is 0 Å². The van der Waals surface area contributed by atoms with Crippen LogP contribution in [0.2, 0.25) is 0 Å². The quantitative estimate of drug-likeness (QED) is 0.492. The third-order valence-corrected chi connectivity index (χ3v) is 1.56. The summed E-state index contributed by atoms with van der Waals surface area (Å²) in [4.78, 5) is 0. The third-order valence-electron chi connectivity index (χ3n) is 0.741. The van der Waals surface area contributed by atoms with Crippen LogP contribution in [0.15, 0.2) is 0 Å². The fourth-order valence-electron chi connectivity index (χ4n) is 0.349. The minimum absolute atomic E-state index is 0.191. The molecule has 0 aromatic heterocycles. The Morgan fingerprint density at radius 1 is 1.71 bits per heavy atom. The maximum absolute atomic E-state index is 9.97. The molecule has 1 saturated heterocycles. The standard InChI is InChI=1S/C3H6O3P/c1-2-3-5-7(4)6-3/h3H,2H2,1H3/q+1. The second-order valence-electron chi connectivity index (χ2n) is 1.27. The van der Waals surface area contributed by atoms with E-state index < -0.39 is 8.25 Å². The largest absolute Gasteiger partial charge is 0.703 e. The van der Waals surface area contributed by atoms with Gasteiger partial charge >= 0.3 is 8.25 Å². The Morgan fingerprint density at radius 2 is 2.29 bits per heavy atom. The molecule has 0 amide bonds. The molecular formula is C3H6O3P+. The van der Waals surface area contributed by atoms with Crippen LogP contribution in [0.3, 0.4) is 0 Å². The Balaban J connectivity index is 2.17. The second-order valence-corrected chi connectivity index (χ2v) is 2.14. The summed E-state index contributed by atoms with van der Waals surface area (Å²) in [5.41, 5.74) is 0. The van der Waals surface area contributed by atoms with Gasteiger partial charge in [-0.1, -0.05) is 16.0 Å². The van der Waals surface area contributed by atoms with Crippen LogP contribution in [0.25, 0.3) is 0 Å². The Bertz CT molecular complexity index is 84.2. The Morgan fingerprint density at radius 3 is 2.43 bits per heavy atom. The van der Waals surface area contributed by atoms with E-state index in [9.17, 15) is 4.57 Å². The molecule has 1 heterocycles. The van der Waals surface area contributed by atoms with Gasteiger partial charge in [0.2, 0.25) is 0 Å². The average molecular weight is 121 g/mol. The summed E-state index contributed by atoms with van der Waals surface area (Å²) in [5, 5.41) is 0. The molecule has 3 nitrogen and oxygen atoms in total. The van der Waals surface area contributed by atoms with Gasteiger partial charge in [0.15, 0.2) is 0 Å². The first-order valence-corrected chi connectivity index (χ1v) is 3.23. The van der Waals surface area contributed by atoms with Crippen LogP contribution in [-0.4, -0.2) is 6.29 Å². The summed E-state index contributed by atoms with van der Waals surface area (Å²) in [6.45, 7) is 1.91. The van der Waals surface area contributed by atoms with Crippen molar-refractivity contribution in [2.24, 2.45) is 0 Å². The van der Waals surface area contributed by atoms with E-state index >= 15 is 0 Å². The maximum Gasteiger partial charge on any atom is 0.703 e. The molecule has 40 valence electrons. The highest BCUT2D eigenvalue weighted by Crippen LogP contribution is 2.40. The lowest BCUT2D eigenvalue weighted by atomic mass is 10.5. The molecule has 4 heteroatoms. The van der Waals surface area contributed by atoms with E-state index in [1.165, 1.54) is 0 Å². The van der Waals surface area contributed by atoms with E-state index in [0.717, 1.165) is 6.42 Å². The van der Waals surface area contributed by atoms with Crippen molar-refractivity contribution in [2.45, 2.75) is 19.6 Å². The van der Waals surface area contributed by atoms with Gasteiger partial charge in [0.05, 0.1) is 0 Å². The van der Waals surface area contributed by atoms with Gasteiger partial charge in [0, 0.05) is 11.0 Å². The van der Waals surface area contributed by atoms with Crippen LogP contribution in [-0.2, 0) is 13.6 Å². The number of hydrogen-bond donors (Lipinski definition) is 0. The molecule has 0 atom stereocenters. The van der Waals surface area contributed by atoms with Crippen molar-refractivity contribution in [3.05, 3.63) is 0 Å². The van der Waals surface area contributed by atoms with E-state index in [1.54, 1.807) is 0 Å². The van der Waals surface area contributed by atoms with Crippen molar-refractivity contribution < 1.29 is 13.6 Å². The first kappa shape index (κ1) is 5.16. The highest BCUT2D eigenvalue weighted by atomic mass is 31.1. The first-order chi connectivity index (χ1) is 3.33. The van der Waals surface area contributed by atoms with Crippen molar-refractivity contribution in [3.63, 3.8) is 0 Å². The third kappa shape index (κ3) is 0.969. The lowest BCUT2D eigenvalue weighted by Crippen LogP contribution is -2.17. The van der Waals surface area contributed by atoms with E-state index in [2.05, 4.69) is 9.05 Å². The molecule has 0 aliphatic carbocycles. The predicted octanol–water partition coefficient (Wildman–Crippen LogP) is 1.43. The molecule has 7 heavy (non-hydrogen) atoms. The van der Waals surface area contributed by atoms with Crippen LogP contribution in [0.4, 0.5) is 0 Å².